The Hall–Kier alpha value is -3.95. The van der Waals surface area contributed by atoms with Crippen LogP contribution in [0, 0.1) is 11.8 Å². The SMILES string of the molecule is C=CC(=O)N1C[C@@H](n2nc(C#Cc3cc4c(cc3Cl)ncn4[C@H]3CC3(F)F)c(C(N)=O)c2NC)C[C@@H]1COC. The summed E-state index contributed by atoms with van der Waals surface area (Å²) in [6.45, 7) is 4.22. The molecular formula is C26H26ClF2N7O3. The van der Waals surface area contributed by atoms with Gasteiger partial charge in [-0.15, -0.1) is 0 Å². The molecule has 1 aliphatic carbocycles. The summed E-state index contributed by atoms with van der Waals surface area (Å²) >= 11 is 6.42. The Morgan fingerprint density at radius 1 is 1.38 bits per heavy atom. The average molecular weight is 558 g/mol. The van der Waals surface area contributed by atoms with Crippen molar-refractivity contribution < 1.29 is 23.1 Å². The molecule has 39 heavy (non-hydrogen) atoms. The van der Waals surface area contributed by atoms with Gasteiger partial charge in [-0.25, -0.2) is 18.4 Å². The summed E-state index contributed by atoms with van der Waals surface area (Å²) < 4.78 is 35.8. The number of halogens is 3. The van der Waals surface area contributed by atoms with Crippen LogP contribution in [0.4, 0.5) is 14.6 Å². The van der Waals surface area contributed by atoms with Crippen LogP contribution in [-0.4, -0.2) is 75.3 Å². The van der Waals surface area contributed by atoms with E-state index in [-0.39, 0.29) is 40.7 Å². The summed E-state index contributed by atoms with van der Waals surface area (Å²) in [5, 5.41) is 7.84. The molecule has 1 saturated carbocycles. The molecule has 0 unspecified atom stereocenters. The fourth-order valence-electron chi connectivity index (χ4n) is 5.09. The summed E-state index contributed by atoms with van der Waals surface area (Å²) in [5.74, 6) is 2.40. The fourth-order valence-corrected chi connectivity index (χ4v) is 5.29. The van der Waals surface area contributed by atoms with Gasteiger partial charge in [-0.3, -0.25) is 9.59 Å². The summed E-state index contributed by atoms with van der Waals surface area (Å²) in [6.07, 6.45) is 2.88. The van der Waals surface area contributed by atoms with Crippen LogP contribution >= 0.6 is 11.6 Å². The lowest BCUT2D eigenvalue weighted by molar-refractivity contribution is -0.127. The normalized spacial score (nSPS) is 21.5. The lowest BCUT2D eigenvalue weighted by atomic mass is 10.1. The smallest absolute Gasteiger partial charge is 0.270 e. The van der Waals surface area contributed by atoms with E-state index < -0.39 is 17.9 Å². The van der Waals surface area contributed by atoms with E-state index >= 15 is 0 Å². The highest BCUT2D eigenvalue weighted by molar-refractivity contribution is 6.32. The standard InChI is InChI=1S/C26H26ClF2N7O3/c1-4-22(37)34-11-15(8-16(34)12-39-3)36-25(31-2)23(24(30)38)18(33-36)6-5-14-7-20-19(9-17(14)27)32-13-35(20)21-10-26(21,28)29/h4,7,9,13,15-16,21,31H,1,8,10-12H2,2-3H3,(H2,30,38)/t15-,16+,21-/m0/s1. The molecular weight excluding hydrogens is 532 g/mol. The maximum absolute atomic E-state index is 13.7. The van der Waals surface area contributed by atoms with Crippen molar-refractivity contribution in [3.63, 3.8) is 0 Å². The van der Waals surface area contributed by atoms with E-state index in [0.29, 0.717) is 42.0 Å². The molecule has 204 valence electrons. The monoisotopic (exact) mass is 557 g/mol. The number of nitrogens with one attached hydrogen (secondary N) is 1. The first-order chi connectivity index (χ1) is 18.6. The molecule has 3 N–H and O–H groups in total. The fraction of sp³-hybridized carbons (Fsp3) is 0.385. The number of anilines is 1. The van der Waals surface area contributed by atoms with Crippen LogP contribution < -0.4 is 11.1 Å². The van der Waals surface area contributed by atoms with Crippen molar-refractivity contribution in [1.82, 2.24) is 24.2 Å². The second-order valence-electron chi connectivity index (χ2n) is 9.53. The Kier molecular flexibility index (Phi) is 6.82. The number of hydrogen-bond acceptors (Lipinski definition) is 6. The molecule has 2 aromatic heterocycles. The molecule has 0 spiro atoms. The number of nitrogens with zero attached hydrogens (tertiary/aromatic N) is 5. The highest BCUT2D eigenvalue weighted by atomic mass is 35.5. The Morgan fingerprint density at radius 2 is 2.13 bits per heavy atom. The topological polar surface area (TPSA) is 120 Å². The Morgan fingerprint density at radius 3 is 2.74 bits per heavy atom. The molecule has 0 radical (unpaired) electrons. The maximum atomic E-state index is 13.7. The number of benzene rings is 1. The molecule has 0 bridgehead atoms. The number of rotatable bonds is 7. The van der Waals surface area contributed by atoms with Crippen LogP contribution in [0.1, 0.15) is 46.5 Å². The van der Waals surface area contributed by atoms with Crippen LogP contribution in [0.2, 0.25) is 5.02 Å². The van der Waals surface area contributed by atoms with Gasteiger partial charge in [-0.1, -0.05) is 24.1 Å². The molecule has 3 aromatic rings. The van der Waals surface area contributed by atoms with E-state index in [1.54, 1.807) is 35.9 Å². The van der Waals surface area contributed by atoms with Gasteiger partial charge in [-0.2, -0.15) is 5.10 Å². The van der Waals surface area contributed by atoms with Crippen molar-refractivity contribution in [3.8, 4) is 11.8 Å². The molecule has 3 heterocycles. The van der Waals surface area contributed by atoms with Crippen LogP contribution in [0.15, 0.2) is 31.1 Å². The summed E-state index contributed by atoms with van der Waals surface area (Å²) in [4.78, 5) is 30.7. The van der Waals surface area contributed by atoms with Gasteiger partial charge in [0.1, 0.15) is 17.4 Å². The number of carbonyl (C=O) groups excluding carboxylic acids is 2. The van der Waals surface area contributed by atoms with Crippen LogP contribution in [0.3, 0.4) is 0 Å². The van der Waals surface area contributed by atoms with E-state index in [9.17, 15) is 18.4 Å². The molecule has 2 fully saturated rings. The van der Waals surface area contributed by atoms with E-state index in [2.05, 4.69) is 33.8 Å². The van der Waals surface area contributed by atoms with E-state index in [1.807, 2.05) is 0 Å². The Bertz CT molecular complexity index is 1550. The number of methoxy groups -OCH3 is 1. The number of ether oxygens (including phenoxy) is 1. The highest BCUT2D eigenvalue weighted by Gasteiger charge is 2.58. The number of aromatic nitrogens is 4. The minimum Gasteiger partial charge on any atom is -0.383 e. The van der Waals surface area contributed by atoms with Gasteiger partial charge in [0.2, 0.25) is 5.91 Å². The molecule has 1 aliphatic heterocycles. The number of imidazole rings is 1. The van der Waals surface area contributed by atoms with Crippen molar-refractivity contribution in [3.05, 3.63) is 53.0 Å². The molecule has 5 rings (SSSR count). The minimum absolute atomic E-state index is 0.0849. The minimum atomic E-state index is -2.78. The second-order valence-corrected chi connectivity index (χ2v) is 9.94. The third-order valence-electron chi connectivity index (χ3n) is 7.06. The maximum Gasteiger partial charge on any atom is 0.270 e. The predicted molar refractivity (Wildman–Crippen MR) is 141 cm³/mol. The van der Waals surface area contributed by atoms with Crippen LogP contribution in [-0.2, 0) is 9.53 Å². The van der Waals surface area contributed by atoms with Gasteiger partial charge in [0.15, 0.2) is 5.69 Å². The lowest BCUT2D eigenvalue weighted by Crippen LogP contribution is -2.37. The number of fused-ring (bicyclic) bond motifs is 1. The Labute approximate surface area is 227 Å². The zero-order valence-electron chi connectivity index (χ0n) is 21.2. The second kappa shape index (κ2) is 9.98. The van der Waals surface area contributed by atoms with Gasteiger partial charge < -0.3 is 25.3 Å². The number of alkyl halides is 2. The number of amides is 2. The van der Waals surface area contributed by atoms with E-state index in [0.717, 1.165) is 0 Å². The molecule has 2 amide bonds. The highest BCUT2D eigenvalue weighted by Crippen LogP contribution is 2.53. The molecule has 1 saturated heterocycles. The van der Waals surface area contributed by atoms with Crippen molar-refractivity contribution in [2.45, 2.75) is 36.9 Å². The third kappa shape index (κ3) is 4.72. The van der Waals surface area contributed by atoms with Crippen molar-refractivity contribution in [2.24, 2.45) is 5.73 Å². The summed E-state index contributed by atoms with van der Waals surface area (Å²) in [6, 6.07) is 1.70. The lowest BCUT2D eigenvalue weighted by Gasteiger charge is -2.22. The molecule has 1 aromatic carbocycles. The van der Waals surface area contributed by atoms with E-state index in [4.69, 9.17) is 22.1 Å². The number of nitrogens with two attached hydrogens (primary N) is 1. The number of hydrogen-bond donors (Lipinski definition) is 2. The Balaban J connectivity index is 1.53. The van der Waals surface area contributed by atoms with Gasteiger partial charge in [-0.05, 0) is 30.6 Å². The predicted octanol–water partition coefficient (Wildman–Crippen LogP) is 2.98. The molecule has 13 heteroatoms. The van der Waals surface area contributed by atoms with E-state index in [1.165, 1.54) is 17.0 Å². The van der Waals surface area contributed by atoms with Gasteiger partial charge in [0, 0.05) is 32.7 Å². The first-order valence-corrected chi connectivity index (χ1v) is 12.5. The van der Waals surface area contributed by atoms with Crippen molar-refractivity contribution in [2.75, 3.05) is 32.6 Å². The average Bonchev–Trinajstić information content (AvgIpc) is 3.28. The number of likely N-dealkylation sites (tertiary alicyclic amines) is 1. The molecule has 3 atom stereocenters. The van der Waals surface area contributed by atoms with Crippen molar-refractivity contribution in [1.29, 1.82) is 0 Å². The van der Waals surface area contributed by atoms with Crippen LogP contribution in [0.25, 0.3) is 11.0 Å². The van der Waals surface area contributed by atoms with Crippen molar-refractivity contribution >= 4 is 40.3 Å². The quantitative estimate of drug-likeness (QED) is 0.340. The zero-order valence-corrected chi connectivity index (χ0v) is 22.0. The zero-order chi connectivity index (χ0) is 28.1. The first-order valence-electron chi connectivity index (χ1n) is 12.2. The summed E-state index contributed by atoms with van der Waals surface area (Å²) in [7, 11) is 3.19. The largest absolute Gasteiger partial charge is 0.383 e. The first kappa shape index (κ1) is 26.6. The number of primary amides is 1. The van der Waals surface area contributed by atoms with Gasteiger partial charge >= 0.3 is 0 Å². The molecule has 2 aliphatic rings. The summed E-state index contributed by atoms with van der Waals surface area (Å²) in [5.41, 5.74) is 7.21. The van der Waals surface area contributed by atoms with Gasteiger partial charge in [0.25, 0.3) is 11.8 Å². The third-order valence-corrected chi connectivity index (χ3v) is 7.37. The number of carbonyl (C=O) groups is 2. The molecule has 10 nitrogen and oxygen atoms in total. The van der Waals surface area contributed by atoms with Gasteiger partial charge in [0.05, 0.1) is 41.1 Å². The van der Waals surface area contributed by atoms with Crippen LogP contribution in [0.5, 0.6) is 0 Å².